The molecule has 0 radical (unpaired) electrons. The molecule has 0 unspecified atom stereocenters. The van der Waals surface area contributed by atoms with Crippen LogP contribution < -0.4 is 15.4 Å². The number of carboxylic acid groups (broad SMARTS) is 1. The minimum absolute atomic E-state index is 0.123. The largest absolute Gasteiger partial charge is 0.465 e. The molecule has 2 fully saturated rings. The summed E-state index contributed by atoms with van der Waals surface area (Å²) in [4.78, 5) is 50.1. The smallest absolute Gasteiger partial charge is 0.405 e. The SMILES string of the molecule is C=CC[C@@](C=C)(NC(=O)[C@@H]1CCCN1C(=O)CNC(=O)O)C(=O)NS(=O)(=O)C1(C)CC1. The quantitative estimate of drug-likeness (QED) is 0.333. The first-order valence-electron chi connectivity index (χ1n) is 9.81. The van der Waals surface area contributed by atoms with Crippen LogP contribution >= 0.6 is 0 Å². The molecule has 1 saturated carbocycles. The van der Waals surface area contributed by atoms with Crippen molar-refractivity contribution in [1.29, 1.82) is 0 Å². The summed E-state index contributed by atoms with van der Waals surface area (Å²) in [6, 6.07) is -0.933. The summed E-state index contributed by atoms with van der Waals surface area (Å²) in [5, 5.41) is 13.2. The Kier molecular flexibility index (Phi) is 7.14. The van der Waals surface area contributed by atoms with E-state index in [0.717, 1.165) is 6.08 Å². The zero-order chi connectivity index (χ0) is 23.4. The highest BCUT2D eigenvalue weighted by atomic mass is 32.2. The molecule has 0 bridgehead atoms. The maximum absolute atomic E-state index is 13.0. The fraction of sp³-hybridized carbons (Fsp3) is 0.579. The molecule has 1 aliphatic carbocycles. The number of hydrogen-bond acceptors (Lipinski definition) is 6. The molecule has 2 rings (SSSR count). The fourth-order valence-corrected chi connectivity index (χ4v) is 4.64. The Hall–Kier alpha value is -2.89. The average Bonchev–Trinajstić information content (AvgIpc) is 3.27. The highest BCUT2D eigenvalue weighted by Crippen LogP contribution is 2.42. The van der Waals surface area contributed by atoms with Crippen molar-refractivity contribution in [3.8, 4) is 0 Å². The number of carbonyl (C=O) groups is 4. The average molecular weight is 457 g/mol. The second-order valence-corrected chi connectivity index (χ2v) is 10.1. The number of sulfonamides is 1. The first kappa shape index (κ1) is 24.4. The Balaban J connectivity index is 2.18. The lowest BCUT2D eigenvalue weighted by atomic mass is 9.93. The van der Waals surface area contributed by atoms with Gasteiger partial charge in [0, 0.05) is 13.0 Å². The Bertz CT molecular complexity index is 897. The minimum atomic E-state index is -3.95. The molecular formula is C19H28N4O7S. The third kappa shape index (κ3) is 5.24. The molecule has 4 N–H and O–H groups in total. The molecule has 1 saturated heterocycles. The number of amides is 4. The van der Waals surface area contributed by atoms with Crippen molar-refractivity contribution in [1.82, 2.24) is 20.3 Å². The maximum Gasteiger partial charge on any atom is 0.405 e. The summed E-state index contributed by atoms with van der Waals surface area (Å²) in [5.74, 6) is -2.22. The summed E-state index contributed by atoms with van der Waals surface area (Å²) in [5.41, 5.74) is -1.78. The number of hydrogen-bond donors (Lipinski definition) is 4. The van der Waals surface area contributed by atoms with E-state index < -0.39 is 56.7 Å². The van der Waals surface area contributed by atoms with Gasteiger partial charge in [0.05, 0.1) is 4.75 Å². The van der Waals surface area contributed by atoms with Crippen molar-refractivity contribution >= 4 is 33.8 Å². The van der Waals surface area contributed by atoms with E-state index >= 15 is 0 Å². The number of nitrogens with zero attached hydrogens (tertiary/aromatic N) is 1. The molecule has 2 atom stereocenters. The Morgan fingerprint density at radius 1 is 1.26 bits per heavy atom. The summed E-state index contributed by atoms with van der Waals surface area (Å²) in [6.07, 6.45) is 2.67. The molecule has 1 heterocycles. The third-order valence-corrected chi connectivity index (χ3v) is 7.82. The van der Waals surface area contributed by atoms with Crippen LogP contribution in [-0.4, -0.2) is 71.7 Å². The molecule has 0 aromatic rings. The summed E-state index contributed by atoms with van der Waals surface area (Å²) in [6.45, 7) is 8.44. The van der Waals surface area contributed by atoms with Crippen LogP contribution in [0.1, 0.15) is 39.0 Å². The van der Waals surface area contributed by atoms with Crippen LogP contribution in [0, 0.1) is 0 Å². The molecule has 2 aliphatic rings. The summed E-state index contributed by atoms with van der Waals surface area (Å²) < 4.78 is 26.0. The summed E-state index contributed by atoms with van der Waals surface area (Å²) >= 11 is 0. The second-order valence-electron chi connectivity index (χ2n) is 7.95. The van der Waals surface area contributed by atoms with E-state index in [9.17, 15) is 27.6 Å². The van der Waals surface area contributed by atoms with Gasteiger partial charge in [-0.15, -0.1) is 13.2 Å². The molecule has 4 amide bonds. The lowest BCUT2D eigenvalue weighted by Crippen LogP contribution is -2.62. The molecule has 0 aromatic carbocycles. The van der Waals surface area contributed by atoms with Crippen LogP contribution in [0.5, 0.6) is 0 Å². The van der Waals surface area contributed by atoms with Gasteiger partial charge in [-0.3, -0.25) is 19.1 Å². The molecular weight excluding hydrogens is 428 g/mol. The molecule has 0 aromatic heterocycles. The van der Waals surface area contributed by atoms with E-state index in [1.54, 1.807) is 0 Å². The van der Waals surface area contributed by atoms with E-state index in [1.807, 2.05) is 10.0 Å². The number of rotatable bonds is 10. The molecule has 0 spiro atoms. The van der Waals surface area contributed by atoms with Crippen LogP contribution in [0.4, 0.5) is 4.79 Å². The van der Waals surface area contributed by atoms with Crippen molar-refractivity contribution in [2.45, 2.75) is 55.4 Å². The zero-order valence-electron chi connectivity index (χ0n) is 17.3. The number of likely N-dealkylation sites (tertiary alicyclic amines) is 1. The highest BCUT2D eigenvalue weighted by Gasteiger charge is 2.52. The topological polar surface area (TPSA) is 162 Å². The first-order valence-corrected chi connectivity index (χ1v) is 11.3. The molecule has 31 heavy (non-hydrogen) atoms. The lowest BCUT2D eigenvalue weighted by molar-refractivity contribution is -0.139. The van der Waals surface area contributed by atoms with Gasteiger partial charge in [0.1, 0.15) is 18.1 Å². The standard InChI is InChI=1S/C19H28N4O7S/c1-4-8-19(5-2,16(26)22-31(29,30)18(3)9-10-18)21-15(25)13-7-6-11-23(13)14(24)12-20-17(27)28/h4-5,13,20H,1-2,6-12H2,3H3,(H,21,25)(H,22,26)(H,27,28)/t13-,19+/m0/s1. The van der Waals surface area contributed by atoms with Crippen molar-refractivity contribution < 1.29 is 32.7 Å². The maximum atomic E-state index is 13.0. The van der Waals surface area contributed by atoms with Crippen molar-refractivity contribution in [2.24, 2.45) is 0 Å². The fourth-order valence-electron chi connectivity index (χ4n) is 3.33. The van der Waals surface area contributed by atoms with E-state index in [1.165, 1.54) is 17.9 Å². The van der Waals surface area contributed by atoms with Crippen molar-refractivity contribution in [2.75, 3.05) is 13.1 Å². The van der Waals surface area contributed by atoms with E-state index in [-0.39, 0.29) is 13.0 Å². The van der Waals surface area contributed by atoms with Gasteiger partial charge < -0.3 is 20.6 Å². The van der Waals surface area contributed by atoms with Gasteiger partial charge in [0.25, 0.3) is 5.91 Å². The van der Waals surface area contributed by atoms with Gasteiger partial charge in [0.2, 0.25) is 21.8 Å². The van der Waals surface area contributed by atoms with E-state index in [4.69, 9.17) is 5.11 Å². The van der Waals surface area contributed by atoms with Gasteiger partial charge in [-0.2, -0.15) is 0 Å². The monoisotopic (exact) mass is 456 g/mol. The minimum Gasteiger partial charge on any atom is -0.465 e. The van der Waals surface area contributed by atoms with Gasteiger partial charge >= 0.3 is 6.09 Å². The van der Waals surface area contributed by atoms with Gasteiger partial charge in [-0.25, -0.2) is 13.2 Å². The molecule has 12 heteroatoms. The van der Waals surface area contributed by atoms with Crippen molar-refractivity contribution in [3.05, 3.63) is 25.3 Å². The van der Waals surface area contributed by atoms with Gasteiger partial charge in [-0.05, 0) is 32.6 Å². The summed E-state index contributed by atoms with van der Waals surface area (Å²) in [7, 11) is -3.95. The lowest BCUT2D eigenvalue weighted by Gasteiger charge is -2.32. The zero-order valence-corrected chi connectivity index (χ0v) is 18.2. The number of nitrogens with one attached hydrogen (secondary N) is 3. The molecule has 172 valence electrons. The third-order valence-electron chi connectivity index (χ3n) is 5.66. The number of carbonyl (C=O) groups excluding carboxylic acids is 3. The molecule has 1 aliphatic heterocycles. The highest BCUT2D eigenvalue weighted by molar-refractivity contribution is 7.91. The van der Waals surface area contributed by atoms with Crippen LogP contribution in [0.15, 0.2) is 25.3 Å². The first-order chi connectivity index (χ1) is 14.4. The Morgan fingerprint density at radius 2 is 1.90 bits per heavy atom. The Morgan fingerprint density at radius 3 is 2.42 bits per heavy atom. The normalized spacial score (nSPS) is 21.3. The predicted molar refractivity (Wildman–Crippen MR) is 111 cm³/mol. The van der Waals surface area contributed by atoms with Crippen LogP contribution in [-0.2, 0) is 24.4 Å². The predicted octanol–water partition coefficient (Wildman–Crippen LogP) is -0.139. The van der Waals surface area contributed by atoms with Crippen LogP contribution in [0.3, 0.4) is 0 Å². The van der Waals surface area contributed by atoms with E-state index in [0.29, 0.717) is 25.7 Å². The van der Waals surface area contributed by atoms with Crippen molar-refractivity contribution in [3.63, 3.8) is 0 Å². The second kappa shape index (κ2) is 9.08. The Labute approximate surface area is 181 Å². The van der Waals surface area contributed by atoms with Crippen LogP contribution in [0.2, 0.25) is 0 Å². The van der Waals surface area contributed by atoms with Gasteiger partial charge in [0.15, 0.2) is 0 Å². The van der Waals surface area contributed by atoms with Gasteiger partial charge in [-0.1, -0.05) is 12.2 Å². The van der Waals surface area contributed by atoms with E-state index in [2.05, 4.69) is 18.5 Å². The van der Waals surface area contributed by atoms with Crippen LogP contribution in [0.25, 0.3) is 0 Å². The molecule has 11 nitrogen and oxygen atoms in total.